The van der Waals surface area contributed by atoms with Gasteiger partial charge in [0.2, 0.25) is 23.6 Å². The van der Waals surface area contributed by atoms with Crippen molar-refractivity contribution in [2.24, 2.45) is 0 Å². The van der Waals surface area contributed by atoms with Crippen molar-refractivity contribution in [3.05, 3.63) is 0 Å². The fourth-order valence-corrected chi connectivity index (χ4v) is 18.1. The minimum absolute atomic E-state index is 0.102. The average molecular weight is 1890 g/mol. The molecule has 21 fully saturated rings. The number of carbonyl (C=O) groups is 4. The van der Waals surface area contributed by atoms with E-state index >= 15 is 0 Å². The Morgan fingerprint density at radius 1 is 0.244 bits per heavy atom. The van der Waals surface area contributed by atoms with Crippen molar-refractivity contribution in [1.82, 2.24) is 31.9 Å². The number of hydrogen-bond acceptors (Lipinski definition) is 39. The fourth-order valence-electron chi connectivity index (χ4n) is 18.1. The summed E-state index contributed by atoms with van der Waals surface area (Å²) in [5.41, 5.74) is 0. The number of aliphatic hydroxyl groups excluding tert-OH is 19. The zero-order valence-electron chi connectivity index (χ0n) is 76.6. The quantitative estimate of drug-likeness (QED) is 0.0256. The molecular weight excluding hydrogens is 1730 g/mol. The highest BCUT2D eigenvalue weighted by molar-refractivity contribution is 5.88. The van der Waals surface area contributed by atoms with Gasteiger partial charge >= 0.3 is 0 Å². The van der Waals surface area contributed by atoms with E-state index in [1.807, 2.05) is 0 Å². The largest absolute Gasteiger partial charge is 0.394 e. The van der Waals surface area contributed by atoms with Crippen LogP contribution < -0.4 is 31.9 Å². The zero-order valence-corrected chi connectivity index (χ0v) is 76.6. The van der Waals surface area contributed by atoms with E-state index in [0.717, 1.165) is 64.2 Å². The first kappa shape index (κ1) is 113. The second kappa shape index (κ2) is 59.8. The second-order valence-corrected chi connectivity index (χ2v) is 36.2. The van der Waals surface area contributed by atoms with E-state index in [1.165, 1.54) is 89.9 Å². The Bertz CT molecular complexity index is 3060. The Hall–Kier alpha value is -3.52. The van der Waals surface area contributed by atoms with Crippen LogP contribution in [0.15, 0.2) is 0 Å². The molecule has 21 saturated heterocycles. The van der Waals surface area contributed by atoms with Crippen molar-refractivity contribution in [3.63, 3.8) is 0 Å². The lowest BCUT2D eigenvalue weighted by Gasteiger charge is -2.50. The number of nitrogens with one attached hydrogen (secondary N) is 6. The molecule has 21 aliphatic rings. The van der Waals surface area contributed by atoms with Crippen molar-refractivity contribution in [2.75, 3.05) is 73.3 Å². The van der Waals surface area contributed by atoms with Crippen LogP contribution in [0.4, 0.5) is 0 Å². The maximum Gasteiger partial charge on any atom is 0.242 e. The van der Waals surface area contributed by atoms with Crippen molar-refractivity contribution in [1.29, 1.82) is 0 Å². The van der Waals surface area contributed by atoms with E-state index < -0.39 is 297 Å². The summed E-state index contributed by atoms with van der Waals surface area (Å²) >= 11 is 0. The molecule has 25 N–H and O–H groups in total. The third-order valence-corrected chi connectivity index (χ3v) is 26.0. The van der Waals surface area contributed by atoms with E-state index in [0.29, 0.717) is 51.6 Å². The highest BCUT2D eigenvalue weighted by Crippen LogP contribution is 2.40. The summed E-state index contributed by atoms with van der Waals surface area (Å²) in [5.74, 6) is -2.37. The molecule has 764 valence electrons. The molecule has 14 bridgehead atoms. The molecule has 0 aromatic carbocycles. The number of hydrogen-bond donors (Lipinski definition) is 25. The monoisotopic (exact) mass is 1890 g/mol. The van der Waals surface area contributed by atoms with Crippen molar-refractivity contribution >= 4 is 23.6 Å². The molecule has 0 saturated carbocycles. The van der Waals surface area contributed by atoms with Crippen LogP contribution in [0.25, 0.3) is 0 Å². The van der Waals surface area contributed by atoms with E-state index in [9.17, 15) is 116 Å². The third kappa shape index (κ3) is 33.3. The minimum atomic E-state index is -2.32. The minimum Gasteiger partial charge on any atom is -0.394 e. The Morgan fingerprint density at radius 2 is 0.435 bits per heavy atom. The fraction of sp³-hybridized carbons (Fsp3) is 0.955. The van der Waals surface area contributed by atoms with Crippen LogP contribution in [0.3, 0.4) is 0 Å². The van der Waals surface area contributed by atoms with Crippen LogP contribution in [0.5, 0.6) is 0 Å². The normalized spacial score (nSPS) is 37.7. The number of rotatable bonds is 51. The molecule has 43 heteroatoms. The number of unbranched alkanes of at least 4 members (excludes halogenated alkanes) is 26. The molecule has 131 heavy (non-hydrogen) atoms. The molecule has 0 aromatic heterocycles. The van der Waals surface area contributed by atoms with Crippen molar-refractivity contribution < 1.29 is 183 Å². The molecule has 43 nitrogen and oxygen atoms in total. The van der Waals surface area contributed by atoms with E-state index in [1.54, 1.807) is 14.1 Å². The summed E-state index contributed by atoms with van der Waals surface area (Å²) in [5, 5.41) is 239. The molecule has 0 spiro atoms. The lowest BCUT2D eigenvalue weighted by Crippen LogP contribution is -2.68. The third-order valence-electron chi connectivity index (χ3n) is 26.0. The van der Waals surface area contributed by atoms with Crippen LogP contribution in [-0.2, 0) is 85.5 Å². The van der Waals surface area contributed by atoms with E-state index in [2.05, 4.69) is 45.7 Å². The van der Waals surface area contributed by atoms with Gasteiger partial charge in [-0.1, -0.05) is 168 Å². The smallest absolute Gasteiger partial charge is 0.242 e. The molecule has 4 amide bonds. The van der Waals surface area contributed by atoms with E-state index in [-0.39, 0.29) is 25.7 Å². The summed E-state index contributed by atoms with van der Waals surface area (Å²) in [6, 6.07) is -2.34. The summed E-state index contributed by atoms with van der Waals surface area (Å²) < 4.78 is 84.6. The van der Waals surface area contributed by atoms with Gasteiger partial charge < -0.3 is 195 Å². The standard InChI is InChI=1S/C88H160N6O37/c1-5-7-9-11-13-15-17-19-21-23-25-27-29-37-57(100)93-48(35-31-33-39-89-3)80(116)91-41-50-73-60(103)67(110)83(119-50)128-76-53(44-96)123-87(71(114)64(76)107)131-79-56(47-99)124-88(72(115)65(79)108)130-78-55(46-98)121-85(69(112)62(78)105)126-74-51(42-92-81(117)49(36-32-34-40-90-4)94-58(101)38-30-28-26-24-22-20-18-16-14-12-10-8-6-2)118-82(66(109)59(74)102)127-75-52(43-95)122-86(70(113)63(75)106)129-77-54(45-97)120-84(125-73)68(111)61(77)104/h48-56,59-79,82-90,95-99,102-115H,5-47H2,1-4H3,(H,91,116)(H,92,117)(H,93,100)(H,94,101). The van der Waals surface area contributed by atoms with Gasteiger partial charge in [0.1, 0.15) is 183 Å². The average Bonchev–Trinajstić information content (AvgIpc) is 0.836. The van der Waals surface area contributed by atoms with Crippen LogP contribution in [0.1, 0.15) is 232 Å². The van der Waals surface area contributed by atoms with Gasteiger partial charge in [0, 0.05) is 25.9 Å². The van der Waals surface area contributed by atoms with Crippen LogP contribution in [0, 0.1) is 0 Å². The topological polar surface area (TPSA) is 654 Å². The molecule has 0 aliphatic carbocycles. The SMILES string of the molecule is CCCCCCCCCCCCCCCC(=O)NC(CCCCNC)C(=O)NCC1OC2OC3C(CO)OC(OC4C(CO)OC(OC5C(CNC(=O)C(CCCCNC)NC(=O)CCCCCCCCCCCCCCC)OC(OC6C(CO)OC(OC7C(CO)OC(OC8C(CO)OC(OC1C(O)C2O)C(O)C8O)C(O)C7O)C(O)C6O)C(O)C5O)C(O)C4O)C(O)C3O. The molecule has 0 radical (unpaired) electrons. The van der Waals surface area contributed by atoms with E-state index in [4.69, 9.17) is 66.3 Å². The Morgan fingerprint density at radius 3 is 0.634 bits per heavy atom. The zero-order chi connectivity index (χ0) is 95.2. The van der Waals surface area contributed by atoms with Gasteiger partial charge in [-0.05, 0) is 78.6 Å². The molecule has 0 aromatic rings. The van der Waals surface area contributed by atoms with Crippen molar-refractivity contribution in [3.8, 4) is 0 Å². The molecular formula is C88H160N6O37. The maximum absolute atomic E-state index is 14.5. The number of amides is 4. The lowest BCUT2D eigenvalue weighted by atomic mass is 9.95. The van der Waals surface area contributed by atoms with Crippen LogP contribution in [-0.4, -0.2) is 421 Å². The molecule has 37 atom stereocenters. The first-order valence-electron chi connectivity index (χ1n) is 48.3. The van der Waals surface area contributed by atoms with Gasteiger partial charge in [0.05, 0.1) is 33.0 Å². The van der Waals surface area contributed by atoms with Gasteiger partial charge in [-0.15, -0.1) is 0 Å². The van der Waals surface area contributed by atoms with Gasteiger partial charge in [-0.3, -0.25) is 19.2 Å². The first-order valence-corrected chi connectivity index (χ1v) is 48.3. The predicted molar refractivity (Wildman–Crippen MR) is 460 cm³/mol. The van der Waals surface area contributed by atoms with Crippen LogP contribution in [0.2, 0.25) is 0 Å². The summed E-state index contributed by atoms with van der Waals surface area (Å²) in [6.07, 6.45) is -43.2. The maximum atomic E-state index is 14.5. The Balaban J connectivity index is 1.05. The summed E-state index contributed by atoms with van der Waals surface area (Å²) in [6.45, 7) is -1.48. The van der Waals surface area contributed by atoms with Crippen molar-refractivity contribution in [2.45, 2.75) is 459 Å². The molecule has 37 unspecified atom stereocenters. The second-order valence-electron chi connectivity index (χ2n) is 36.2. The number of ether oxygens (including phenoxy) is 14. The lowest BCUT2D eigenvalue weighted by molar-refractivity contribution is -0.395. The van der Waals surface area contributed by atoms with Gasteiger partial charge in [0.25, 0.3) is 0 Å². The number of aliphatic hydroxyl groups is 19. The molecule has 21 aliphatic heterocycles. The predicted octanol–water partition coefficient (Wildman–Crippen LogP) is -4.27. The van der Waals surface area contributed by atoms with Gasteiger partial charge in [-0.2, -0.15) is 0 Å². The van der Waals surface area contributed by atoms with Crippen LogP contribution >= 0.6 is 0 Å². The molecule has 21 heterocycles. The Kier molecular flexibility index (Phi) is 51.5. The Labute approximate surface area is 767 Å². The summed E-state index contributed by atoms with van der Waals surface area (Å²) in [4.78, 5) is 56.4. The highest BCUT2D eigenvalue weighted by atomic mass is 16.8. The first-order chi connectivity index (χ1) is 63.1. The highest BCUT2D eigenvalue weighted by Gasteiger charge is 2.60. The summed E-state index contributed by atoms with van der Waals surface area (Å²) in [7, 11) is 3.49. The molecule has 21 rings (SSSR count). The van der Waals surface area contributed by atoms with Gasteiger partial charge in [0.15, 0.2) is 44.0 Å². The number of carbonyl (C=O) groups excluding carboxylic acids is 4. The van der Waals surface area contributed by atoms with Gasteiger partial charge in [-0.25, -0.2) is 0 Å².